The Balaban J connectivity index is 1.12. The lowest BCUT2D eigenvalue weighted by molar-refractivity contribution is 0.0663. The summed E-state index contributed by atoms with van der Waals surface area (Å²) in [5, 5.41) is 25.8. The molecule has 0 bridgehead atoms. The number of amides is 3. The highest BCUT2D eigenvalue weighted by molar-refractivity contribution is 6.00. The Kier molecular flexibility index (Phi) is 10.9. The predicted octanol–water partition coefficient (Wildman–Crippen LogP) is 2.90. The van der Waals surface area contributed by atoms with Gasteiger partial charge in [0.1, 0.15) is 0 Å². The summed E-state index contributed by atoms with van der Waals surface area (Å²) in [7, 11) is 4.15. The van der Waals surface area contributed by atoms with Crippen LogP contribution in [0.5, 0.6) is 0 Å². The largest absolute Gasteiger partial charge is 0.394 e. The summed E-state index contributed by atoms with van der Waals surface area (Å²) in [6.07, 6.45) is 3.37. The van der Waals surface area contributed by atoms with Crippen LogP contribution in [-0.4, -0.2) is 131 Å². The third-order valence-electron chi connectivity index (χ3n) is 9.78. The van der Waals surface area contributed by atoms with Crippen LogP contribution in [0.15, 0.2) is 48.5 Å². The van der Waals surface area contributed by atoms with Crippen molar-refractivity contribution in [1.82, 2.24) is 24.8 Å². The molecule has 3 amide bonds. The quantitative estimate of drug-likeness (QED) is 0.265. The van der Waals surface area contributed by atoms with Crippen molar-refractivity contribution < 1.29 is 24.5 Å². The van der Waals surface area contributed by atoms with Gasteiger partial charge in [0, 0.05) is 48.2 Å². The van der Waals surface area contributed by atoms with E-state index in [1.165, 1.54) is 0 Å². The monoisotopic (exact) mass is 673 g/mol. The van der Waals surface area contributed by atoms with Gasteiger partial charge < -0.3 is 45.2 Å². The standard InChI is InChI=1S/C35H47N9O5/c1-23-22-49-19-18-43(23)33-38-31(39-34(40-33)44-29(20-45)12-13-30(44)21-46)24-4-8-26(9-5-24)36-35(48)37-27-10-6-25(7-11-27)32(47)42-16-14-28(15-17-42)41(2)3/h4-11,23,28-30,45-46H,12-22H2,1-3H3,(H2,36,37,48)/t23?,29-,30+. The second kappa shape index (κ2) is 15.5. The second-order valence-corrected chi connectivity index (χ2v) is 13.3. The highest BCUT2D eigenvalue weighted by Gasteiger charge is 2.36. The number of anilines is 4. The van der Waals surface area contributed by atoms with Crippen molar-refractivity contribution in [1.29, 1.82) is 0 Å². The third kappa shape index (κ3) is 7.93. The number of aromatic nitrogens is 3. The van der Waals surface area contributed by atoms with Gasteiger partial charge in [-0.3, -0.25) is 4.79 Å². The molecule has 3 fully saturated rings. The minimum atomic E-state index is -0.414. The smallest absolute Gasteiger partial charge is 0.323 e. The first-order valence-electron chi connectivity index (χ1n) is 17.1. The van der Waals surface area contributed by atoms with E-state index in [-0.39, 0.29) is 37.2 Å². The maximum Gasteiger partial charge on any atom is 0.323 e. The van der Waals surface area contributed by atoms with Gasteiger partial charge in [0.2, 0.25) is 11.9 Å². The molecule has 1 aromatic heterocycles. The van der Waals surface area contributed by atoms with Crippen molar-refractivity contribution in [2.24, 2.45) is 0 Å². The van der Waals surface area contributed by atoms with Crippen molar-refractivity contribution in [3.63, 3.8) is 0 Å². The number of rotatable bonds is 9. The highest BCUT2D eigenvalue weighted by atomic mass is 16.5. The van der Waals surface area contributed by atoms with Crippen molar-refractivity contribution in [2.75, 3.05) is 80.6 Å². The summed E-state index contributed by atoms with van der Waals surface area (Å²) < 4.78 is 5.63. The second-order valence-electron chi connectivity index (χ2n) is 13.3. The molecule has 14 heteroatoms. The summed E-state index contributed by atoms with van der Waals surface area (Å²) in [6, 6.07) is 13.9. The molecule has 3 saturated heterocycles. The molecular formula is C35H47N9O5. The van der Waals surface area contributed by atoms with E-state index < -0.39 is 6.03 Å². The molecule has 3 aliphatic heterocycles. The maximum absolute atomic E-state index is 13.0. The molecular weight excluding hydrogens is 626 g/mol. The van der Waals surface area contributed by atoms with Crippen LogP contribution < -0.4 is 20.4 Å². The fourth-order valence-corrected chi connectivity index (χ4v) is 6.86. The normalized spacial score (nSPS) is 21.7. The van der Waals surface area contributed by atoms with E-state index >= 15 is 0 Å². The predicted molar refractivity (Wildman–Crippen MR) is 188 cm³/mol. The first-order chi connectivity index (χ1) is 23.7. The van der Waals surface area contributed by atoms with Crippen molar-refractivity contribution >= 4 is 35.2 Å². The summed E-state index contributed by atoms with van der Waals surface area (Å²) in [5.74, 6) is 1.38. The Morgan fingerprint density at radius 3 is 2.00 bits per heavy atom. The zero-order chi connectivity index (χ0) is 34.5. The Morgan fingerprint density at radius 2 is 1.43 bits per heavy atom. The molecule has 4 N–H and O–H groups in total. The molecule has 2 aromatic carbocycles. The van der Waals surface area contributed by atoms with Crippen LogP contribution in [-0.2, 0) is 4.74 Å². The molecule has 0 spiro atoms. The van der Waals surface area contributed by atoms with Crippen LogP contribution in [0.2, 0.25) is 0 Å². The lowest BCUT2D eigenvalue weighted by Gasteiger charge is -2.35. The van der Waals surface area contributed by atoms with Gasteiger partial charge in [-0.1, -0.05) is 0 Å². The fraction of sp³-hybridized carbons (Fsp3) is 0.514. The Labute approximate surface area is 287 Å². The number of nitrogens with one attached hydrogen (secondary N) is 2. The van der Waals surface area contributed by atoms with E-state index in [0.717, 1.165) is 44.3 Å². The van der Waals surface area contributed by atoms with Gasteiger partial charge in [-0.05, 0) is 95.2 Å². The number of morpholine rings is 1. The molecule has 4 heterocycles. The number of piperidine rings is 1. The number of urea groups is 1. The first-order valence-corrected chi connectivity index (χ1v) is 17.1. The molecule has 49 heavy (non-hydrogen) atoms. The van der Waals surface area contributed by atoms with Crippen molar-refractivity contribution in [3.05, 3.63) is 54.1 Å². The molecule has 262 valence electrons. The van der Waals surface area contributed by atoms with Crippen LogP contribution in [0.4, 0.5) is 28.1 Å². The summed E-state index contributed by atoms with van der Waals surface area (Å²) in [4.78, 5) is 48.4. The van der Waals surface area contributed by atoms with E-state index in [0.29, 0.717) is 60.5 Å². The molecule has 1 unspecified atom stereocenters. The van der Waals surface area contributed by atoms with Crippen LogP contribution in [0, 0.1) is 0 Å². The SMILES string of the molecule is CC1COCCN1c1nc(-c2ccc(NC(=O)Nc3ccc(C(=O)N4CCC(N(C)C)CC4)cc3)cc2)nc(N2[C@H](CO)CC[C@@H]2CO)n1. The van der Waals surface area contributed by atoms with Gasteiger partial charge in [0.15, 0.2) is 5.82 Å². The minimum Gasteiger partial charge on any atom is -0.394 e. The molecule has 6 rings (SSSR count). The first kappa shape index (κ1) is 34.5. The number of carbonyl (C=O) groups excluding carboxylic acids is 2. The number of ether oxygens (including phenoxy) is 1. The topological polar surface area (TPSA) is 160 Å². The summed E-state index contributed by atoms with van der Waals surface area (Å²) >= 11 is 0. The minimum absolute atomic E-state index is 0.00651. The number of benzene rings is 2. The number of nitrogens with zero attached hydrogens (tertiary/aromatic N) is 7. The van der Waals surface area contributed by atoms with Crippen LogP contribution >= 0.6 is 0 Å². The molecule has 14 nitrogen and oxygen atoms in total. The van der Waals surface area contributed by atoms with Crippen LogP contribution in [0.3, 0.4) is 0 Å². The molecule has 3 aromatic rings. The number of hydrogen-bond donors (Lipinski definition) is 4. The number of aliphatic hydroxyl groups is 2. The van der Waals surface area contributed by atoms with E-state index in [1.54, 1.807) is 36.4 Å². The van der Waals surface area contributed by atoms with Crippen LogP contribution in [0.1, 0.15) is 43.0 Å². The summed E-state index contributed by atoms with van der Waals surface area (Å²) in [5.41, 5.74) is 2.47. The molecule has 0 aliphatic carbocycles. The Bertz CT molecular complexity index is 1570. The molecule has 3 atom stereocenters. The average Bonchev–Trinajstić information content (AvgIpc) is 3.55. The third-order valence-corrected chi connectivity index (χ3v) is 9.78. The number of carbonyl (C=O) groups is 2. The fourth-order valence-electron chi connectivity index (χ4n) is 6.86. The lowest BCUT2D eigenvalue weighted by Crippen LogP contribution is -2.45. The zero-order valence-electron chi connectivity index (χ0n) is 28.5. The van der Waals surface area contributed by atoms with Crippen LogP contribution in [0.25, 0.3) is 11.4 Å². The van der Waals surface area contributed by atoms with Crippen molar-refractivity contribution in [2.45, 2.75) is 56.8 Å². The van der Waals surface area contributed by atoms with Gasteiger partial charge in [-0.25, -0.2) is 4.79 Å². The number of aliphatic hydroxyl groups excluding tert-OH is 2. The van der Waals surface area contributed by atoms with Gasteiger partial charge in [0.25, 0.3) is 5.91 Å². The number of likely N-dealkylation sites (tertiary alicyclic amines) is 1. The van der Waals surface area contributed by atoms with E-state index in [2.05, 4.69) is 41.5 Å². The lowest BCUT2D eigenvalue weighted by atomic mass is 10.0. The zero-order valence-corrected chi connectivity index (χ0v) is 28.5. The maximum atomic E-state index is 13.0. The van der Waals surface area contributed by atoms with Gasteiger partial charge in [-0.15, -0.1) is 0 Å². The molecule has 0 radical (unpaired) electrons. The van der Waals surface area contributed by atoms with Crippen molar-refractivity contribution in [3.8, 4) is 11.4 Å². The molecule has 0 saturated carbocycles. The Hall–Kier alpha value is -4.37. The molecule has 3 aliphatic rings. The van der Waals surface area contributed by atoms with Gasteiger partial charge in [-0.2, -0.15) is 15.0 Å². The number of hydrogen-bond acceptors (Lipinski definition) is 11. The van der Waals surface area contributed by atoms with Gasteiger partial charge in [0.05, 0.1) is 44.6 Å². The average molecular weight is 674 g/mol. The van der Waals surface area contributed by atoms with Gasteiger partial charge >= 0.3 is 6.03 Å². The highest BCUT2D eigenvalue weighted by Crippen LogP contribution is 2.31. The van der Waals surface area contributed by atoms with E-state index in [9.17, 15) is 19.8 Å². The summed E-state index contributed by atoms with van der Waals surface area (Å²) in [6.45, 7) is 5.13. The van der Waals surface area contributed by atoms with E-state index in [1.807, 2.05) is 21.9 Å². The Morgan fingerprint density at radius 1 is 0.837 bits per heavy atom. The van der Waals surface area contributed by atoms with E-state index in [4.69, 9.17) is 19.7 Å².